The summed E-state index contributed by atoms with van der Waals surface area (Å²) in [6.45, 7) is 7.70. The van der Waals surface area contributed by atoms with Gasteiger partial charge in [-0.25, -0.2) is 4.79 Å². The van der Waals surface area contributed by atoms with Crippen molar-refractivity contribution in [1.82, 2.24) is 10.2 Å². The fraction of sp³-hybridized carbons (Fsp3) is 0.625. The van der Waals surface area contributed by atoms with E-state index in [1.54, 1.807) is 0 Å². The highest BCUT2D eigenvalue weighted by Gasteiger charge is 2.01. The average molecular weight is 172 g/mol. The summed E-state index contributed by atoms with van der Waals surface area (Å²) in [6, 6.07) is 0. The van der Waals surface area contributed by atoms with Crippen molar-refractivity contribution in [3.05, 3.63) is 12.7 Å². The molecule has 0 radical (unpaired) electrons. The zero-order chi connectivity index (χ0) is 9.40. The zero-order valence-corrected chi connectivity index (χ0v) is 7.42. The van der Waals surface area contributed by atoms with Gasteiger partial charge in [-0.15, -0.1) is 0 Å². The van der Waals surface area contributed by atoms with Gasteiger partial charge in [0.2, 0.25) is 0 Å². The van der Waals surface area contributed by atoms with E-state index in [1.165, 1.54) is 13.1 Å². The number of carbonyl (C=O) groups is 1. The van der Waals surface area contributed by atoms with Crippen LogP contribution < -0.4 is 5.32 Å². The maximum atomic E-state index is 9.25. The molecule has 1 aliphatic rings. The van der Waals surface area contributed by atoms with Crippen LogP contribution in [0.25, 0.3) is 0 Å². The normalized spacial score (nSPS) is 17.4. The molecule has 0 aromatic carbocycles. The highest BCUT2D eigenvalue weighted by Crippen LogP contribution is 1.83. The molecular weight excluding hydrogens is 156 g/mol. The van der Waals surface area contributed by atoms with Gasteiger partial charge in [-0.05, 0) is 7.05 Å². The molecule has 1 saturated heterocycles. The molecule has 0 spiro atoms. The smallest absolute Gasteiger partial charge is 0.327 e. The highest BCUT2D eigenvalue weighted by atomic mass is 16.4. The molecule has 12 heavy (non-hydrogen) atoms. The van der Waals surface area contributed by atoms with Gasteiger partial charge in [0.15, 0.2) is 0 Å². The maximum absolute atomic E-state index is 9.25. The van der Waals surface area contributed by atoms with Crippen molar-refractivity contribution in [2.45, 2.75) is 0 Å². The van der Waals surface area contributed by atoms with Crippen molar-refractivity contribution in [1.29, 1.82) is 0 Å². The standard InChI is InChI=1S/C5H12N2.C3H4O2/c1-7-4-2-6-3-5-7;1-2-3(4)5/h6H,2-5H2,1H3;2H,1H2,(H,4,5). The molecule has 0 atom stereocenters. The van der Waals surface area contributed by atoms with Crippen LogP contribution in [0.3, 0.4) is 0 Å². The molecule has 0 aromatic rings. The highest BCUT2D eigenvalue weighted by molar-refractivity contribution is 5.78. The van der Waals surface area contributed by atoms with Crippen LogP contribution in [0, 0.1) is 0 Å². The fourth-order valence-corrected chi connectivity index (χ4v) is 0.777. The van der Waals surface area contributed by atoms with Crippen LogP contribution >= 0.6 is 0 Å². The lowest BCUT2D eigenvalue weighted by Crippen LogP contribution is -2.40. The summed E-state index contributed by atoms with van der Waals surface area (Å²) in [5.41, 5.74) is 0. The van der Waals surface area contributed by atoms with Gasteiger partial charge in [0.1, 0.15) is 0 Å². The number of hydrogen-bond donors (Lipinski definition) is 2. The SMILES string of the molecule is C=CC(=O)O.CN1CCNCC1. The number of nitrogens with one attached hydrogen (secondary N) is 1. The third kappa shape index (κ3) is 7.24. The lowest BCUT2D eigenvalue weighted by Gasteiger charge is -2.21. The Balaban J connectivity index is 0.000000217. The predicted octanol–water partition coefficient (Wildman–Crippen LogP) is -0.222. The Morgan fingerprint density at radius 3 is 2.17 bits per heavy atom. The number of piperazine rings is 1. The van der Waals surface area contributed by atoms with Crippen LogP contribution in [0.15, 0.2) is 12.7 Å². The van der Waals surface area contributed by atoms with Crippen molar-refractivity contribution in [2.24, 2.45) is 0 Å². The van der Waals surface area contributed by atoms with E-state index in [0.29, 0.717) is 0 Å². The van der Waals surface area contributed by atoms with Crippen molar-refractivity contribution in [2.75, 3.05) is 33.2 Å². The quantitative estimate of drug-likeness (QED) is 0.537. The van der Waals surface area contributed by atoms with E-state index in [-0.39, 0.29) is 0 Å². The monoisotopic (exact) mass is 172 g/mol. The second-order valence-corrected chi connectivity index (χ2v) is 2.60. The Bertz CT molecular complexity index is 142. The topological polar surface area (TPSA) is 52.6 Å². The minimum Gasteiger partial charge on any atom is -0.478 e. The lowest BCUT2D eigenvalue weighted by atomic mass is 10.4. The molecule has 0 amide bonds. The Hall–Kier alpha value is -0.870. The van der Waals surface area contributed by atoms with Crippen LogP contribution in [0.2, 0.25) is 0 Å². The molecular formula is C8H16N2O2. The molecule has 1 aliphatic heterocycles. The Morgan fingerprint density at radius 2 is 2.00 bits per heavy atom. The van der Waals surface area contributed by atoms with E-state index in [1.807, 2.05) is 0 Å². The number of carboxylic acids is 1. The number of likely N-dealkylation sites (N-methyl/N-ethyl adjacent to an activating group) is 1. The molecule has 70 valence electrons. The zero-order valence-electron chi connectivity index (χ0n) is 7.42. The van der Waals surface area contributed by atoms with Crippen molar-refractivity contribution in [3.63, 3.8) is 0 Å². The van der Waals surface area contributed by atoms with Gasteiger partial charge < -0.3 is 15.3 Å². The van der Waals surface area contributed by atoms with Crippen molar-refractivity contribution < 1.29 is 9.90 Å². The minimum absolute atomic E-state index is 0.833. The van der Waals surface area contributed by atoms with Gasteiger partial charge in [-0.3, -0.25) is 0 Å². The van der Waals surface area contributed by atoms with Gasteiger partial charge in [0.05, 0.1) is 0 Å². The molecule has 1 heterocycles. The first kappa shape index (κ1) is 11.1. The van der Waals surface area contributed by atoms with Crippen LogP contribution in [0.5, 0.6) is 0 Å². The number of hydrogen-bond acceptors (Lipinski definition) is 3. The van der Waals surface area contributed by atoms with E-state index in [0.717, 1.165) is 19.2 Å². The summed E-state index contributed by atoms with van der Waals surface area (Å²) < 4.78 is 0. The van der Waals surface area contributed by atoms with Gasteiger partial charge in [0.25, 0.3) is 0 Å². The number of carboxylic acid groups (broad SMARTS) is 1. The summed E-state index contributed by atoms with van der Waals surface area (Å²) in [5, 5.41) is 10.9. The lowest BCUT2D eigenvalue weighted by molar-refractivity contribution is -0.131. The molecule has 4 nitrogen and oxygen atoms in total. The molecule has 4 heteroatoms. The number of rotatable bonds is 1. The molecule has 0 aliphatic carbocycles. The maximum Gasteiger partial charge on any atom is 0.327 e. The van der Waals surface area contributed by atoms with Crippen molar-refractivity contribution >= 4 is 5.97 Å². The molecule has 1 fully saturated rings. The first-order valence-corrected chi connectivity index (χ1v) is 3.91. The van der Waals surface area contributed by atoms with E-state index in [9.17, 15) is 4.79 Å². The molecule has 0 bridgehead atoms. The third-order valence-corrected chi connectivity index (χ3v) is 1.52. The number of aliphatic carboxylic acids is 1. The largest absolute Gasteiger partial charge is 0.478 e. The van der Waals surface area contributed by atoms with Crippen LogP contribution in [0.4, 0.5) is 0 Å². The predicted molar refractivity (Wildman–Crippen MR) is 48.2 cm³/mol. The van der Waals surface area contributed by atoms with Gasteiger partial charge in [0, 0.05) is 32.3 Å². The molecule has 2 N–H and O–H groups in total. The van der Waals surface area contributed by atoms with Crippen molar-refractivity contribution in [3.8, 4) is 0 Å². The fourth-order valence-electron chi connectivity index (χ4n) is 0.777. The van der Waals surface area contributed by atoms with Gasteiger partial charge in [-0.2, -0.15) is 0 Å². The van der Waals surface area contributed by atoms with Crippen LogP contribution in [-0.2, 0) is 4.79 Å². The van der Waals surface area contributed by atoms with E-state index in [2.05, 4.69) is 23.8 Å². The Kier molecular flexibility index (Phi) is 6.32. The minimum atomic E-state index is -0.981. The summed E-state index contributed by atoms with van der Waals surface area (Å²) in [7, 11) is 2.15. The summed E-state index contributed by atoms with van der Waals surface area (Å²) in [4.78, 5) is 11.6. The van der Waals surface area contributed by atoms with Crippen LogP contribution in [0.1, 0.15) is 0 Å². The summed E-state index contributed by atoms with van der Waals surface area (Å²) >= 11 is 0. The second-order valence-electron chi connectivity index (χ2n) is 2.60. The molecule has 0 saturated carbocycles. The average Bonchev–Trinajstić information content (AvgIpc) is 2.07. The molecule has 0 unspecified atom stereocenters. The van der Waals surface area contributed by atoms with E-state index in [4.69, 9.17) is 5.11 Å². The van der Waals surface area contributed by atoms with Crippen LogP contribution in [-0.4, -0.2) is 49.2 Å². The molecule has 0 aromatic heterocycles. The van der Waals surface area contributed by atoms with E-state index >= 15 is 0 Å². The van der Waals surface area contributed by atoms with Gasteiger partial charge in [-0.1, -0.05) is 6.58 Å². The van der Waals surface area contributed by atoms with E-state index < -0.39 is 5.97 Å². The summed E-state index contributed by atoms with van der Waals surface area (Å²) in [5.74, 6) is -0.981. The number of nitrogens with zero attached hydrogens (tertiary/aromatic N) is 1. The first-order chi connectivity index (χ1) is 5.66. The third-order valence-electron chi connectivity index (χ3n) is 1.52. The Morgan fingerprint density at radius 1 is 1.58 bits per heavy atom. The summed E-state index contributed by atoms with van der Waals surface area (Å²) in [6.07, 6.45) is 0.833. The molecule has 1 rings (SSSR count). The first-order valence-electron chi connectivity index (χ1n) is 3.91. The second kappa shape index (κ2) is 6.82. The Labute approximate surface area is 72.9 Å². The van der Waals surface area contributed by atoms with Gasteiger partial charge >= 0.3 is 5.97 Å².